The van der Waals surface area contributed by atoms with Crippen LogP contribution in [0.25, 0.3) is 0 Å². The highest BCUT2D eigenvalue weighted by molar-refractivity contribution is 5.91. The first-order valence-corrected chi connectivity index (χ1v) is 6.42. The molecule has 0 fully saturated rings. The van der Waals surface area contributed by atoms with E-state index in [4.69, 9.17) is 10.00 Å². The van der Waals surface area contributed by atoms with Gasteiger partial charge in [-0.1, -0.05) is 26.0 Å². The van der Waals surface area contributed by atoms with Crippen LogP contribution >= 0.6 is 0 Å². The Hall–Kier alpha value is -2.60. The highest BCUT2D eigenvalue weighted by atomic mass is 16.5. The van der Waals surface area contributed by atoms with Crippen molar-refractivity contribution in [3.05, 3.63) is 65.2 Å². The van der Waals surface area contributed by atoms with Crippen molar-refractivity contribution >= 4 is 5.97 Å². The molecule has 0 unspecified atom stereocenters. The smallest absolute Gasteiger partial charge is 0.343 e. The zero-order valence-corrected chi connectivity index (χ0v) is 11.5. The predicted octanol–water partition coefficient (Wildman–Crippen LogP) is 3.90. The van der Waals surface area contributed by atoms with Crippen LogP contribution in [0.3, 0.4) is 0 Å². The molecule has 0 spiro atoms. The third-order valence-electron chi connectivity index (χ3n) is 3.01. The standard InChI is InChI=1S/C17H15NO2/c1-12(2)14-5-7-15(8-6-14)17(19)20-16-9-3-13(11-18)4-10-16/h3-10,12H,1-2H3. The largest absolute Gasteiger partial charge is 0.423 e. The molecule has 0 bridgehead atoms. The quantitative estimate of drug-likeness (QED) is 0.624. The Bertz CT molecular complexity index is 634. The summed E-state index contributed by atoms with van der Waals surface area (Å²) in [6.07, 6.45) is 0. The van der Waals surface area contributed by atoms with Crippen molar-refractivity contribution in [2.45, 2.75) is 19.8 Å². The molecule has 100 valence electrons. The van der Waals surface area contributed by atoms with Crippen LogP contribution in [0.15, 0.2) is 48.5 Å². The first-order valence-electron chi connectivity index (χ1n) is 6.42. The molecule has 0 heterocycles. The SMILES string of the molecule is CC(C)c1ccc(C(=O)Oc2ccc(C#N)cc2)cc1. The van der Waals surface area contributed by atoms with Gasteiger partial charge in [0.1, 0.15) is 5.75 Å². The molecule has 3 heteroatoms. The number of carbonyl (C=O) groups excluding carboxylic acids is 1. The second-order valence-corrected chi connectivity index (χ2v) is 4.80. The number of benzene rings is 2. The van der Waals surface area contributed by atoms with Gasteiger partial charge in [0.25, 0.3) is 0 Å². The summed E-state index contributed by atoms with van der Waals surface area (Å²) in [4.78, 5) is 12.0. The van der Waals surface area contributed by atoms with E-state index in [1.54, 1.807) is 36.4 Å². The van der Waals surface area contributed by atoms with Gasteiger partial charge in [-0.25, -0.2) is 4.79 Å². The summed E-state index contributed by atoms with van der Waals surface area (Å²) in [6, 6.07) is 15.9. The van der Waals surface area contributed by atoms with Crippen molar-refractivity contribution < 1.29 is 9.53 Å². The number of nitriles is 1. The molecule has 0 saturated heterocycles. The van der Waals surface area contributed by atoms with Crippen LogP contribution in [0.4, 0.5) is 0 Å². The first kappa shape index (κ1) is 13.8. The minimum absolute atomic E-state index is 0.398. The molecule has 3 nitrogen and oxygen atoms in total. The summed E-state index contributed by atoms with van der Waals surface area (Å²) in [6.45, 7) is 4.20. The van der Waals surface area contributed by atoms with E-state index >= 15 is 0 Å². The Labute approximate surface area is 118 Å². The van der Waals surface area contributed by atoms with E-state index in [2.05, 4.69) is 13.8 Å². The summed E-state index contributed by atoms with van der Waals surface area (Å²) < 4.78 is 5.25. The Morgan fingerprint density at radius 3 is 2.15 bits per heavy atom. The molecular weight excluding hydrogens is 250 g/mol. The summed E-state index contributed by atoms with van der Waals surface area (Å²) >= 11 is 0. The zero-order chi connectivity index (χ0) is 14.5. The second kappa shape index (κ2) is 6.03. The van der Waals surface area contributed by atoms with E-state index in [0.717, 1.165) is 0 Å². The molecule has 2 aromatic rings. The molecular formula is C17H15NO2. The number of nitrogens with zero attached hydrogens (tertiary/aromatic N) is 1. The van der Waals surface area contributed by atoms with Crippen molar-refractivity contribution in [3.8, 4) is 11.8 Å². The lowest BCUT2D eigenvalue weighted by atomic mass is 10.0. The number of carbonyl (C=O) groups is 1. The molecule has 0 atom stereocenters. The number of ether oxygens (including phenoxy) is 1. The summed E-state index contributed by atoms with van der Waals surface area (Å²) in [5, 5.41) is 8.70. The third-order valence-corrected chi connectivity index (χ3v) is 3.01. The maximum Gasteiger partial charge on any atom is 0.343 e. The van der Waals surface area contributed by atoms with Crippen LogP contribution in [0.1, 0.15) is 41.3 Å². The minimum atomic E-state index is -0.398. The Kier molecular flexibility index (Phi) is 4.17. The van der Waals surface area contributed by atoms with E-state index in [9.17, 15) is 4.79 Å². The van der Waals surface area contributed by atoms with Gasteiger partial charge in [-0.2, -0.15) is 5.26 Å². The average molecular weight is 265 g/mol. The van der Waals surface area contributed by atoms with Gasteiger partial charge in [-0.05, 0) is 47.9 Å². The Morgan fingerprint density at radius 2 is 1.65 bits per heavy atom. The van der Waals surface area contributed by atoms with Crippen LogP contribution < -0.4 is 4.74 Å². The summed E-state index contributed by atoms with van der Waals surface area (Å²) in [7, 11) is 0. The molecule has 2 rings (SSSR count). The van der Waals surface area contributed by atoms with Crippen LogP contribution in [0.2, 0.25) is 0 Å². The number of hydrogen-bond acceptors (Lipinski definition) is 3. The number of esters is 1. The fourth-order valence-electron chi connectivity index (χ4n) is 1.77. The lowest BCUT2D eigenvalue weighted by Gasteiger charge is -2.07. The lowest BCUT2D eigenvalue weighted by molar-refractivity contribution is 0.0734. The van der Waals surface area contributed by atoms with Gasteiger partial charge in [0.15, 0.2) is 0 Å². The predicted molar refractivity (Wildman–Crippen MR) is 76.6 cm³/mol. The van der Waals surface area contributed by atoms with Crippen LogP contribution in [-0.4, -0.2) is 5.97 Å². The van der Waals surface area contributed by atoms with E-state index in [-0.39, 0.29) is 0 Å². The molecule has 2 aromatic carbocycles. The maximum atomic E-state index is 12.0. The average Bonchev–Trinajstić information content (AvgIpc) is 2.48. The van der Waals surface area contributed by atoms with Gasteiger partial charge in [-0.3, -0.25) is 0 Å². The molecule has 0 N–H and O–H groups in total. The number of hydrogen-bond donors (Lipinski definition) is 0. The summed E-state index contributed by atoms with van der Waals surface area (Å²) in [5.41, 5.74) is 2.23. The molecule has 0 aliphatic rings. The van der Waals surface area contributed by atoms with Crippen molar-refractivity contribution in [3.63, 3.8) is 0 Å². The van der Waals surface area contributed by atoms with Crippen LogP contribution in [-0.2, 0) is 0 Å². The van der Waals surface area contributed by atoms with Crippen molar-refractivity contribution in [1.82, 2.24) is 0 Å². The van der Waals surface area contributed by atoms with Crippen LogP contribution in [0, 0.1) is 11.3 Å². The molecule has 20 heavy (non-hydrogen) atoms. The van der Waals surface area contributed by atoms with Crippen molar-refractivity contribution in [2.24, 2.45) is 0 Å². The van der Waals surface area contributed by atoms with Gasteiger partial charge in [0.05, 0.1) is 17.2 Å². The second-order valence-electron chi connectivity index (χ2n) is 4.80. The maximum absolute atomic E-state index is 12.0. The third kappa shape index (κ3) is 3.24. The molecule has 0 aliphatic heterocycles. The fourth-order valence-corrected chi connectivity index (χ4v) is 1.77. The zero-order valence-electron chi connectivity index (χ0n) is 11.5. The minimum Gasteiger partial charge on any atom is -0.423 e. The fraction of sp³-hybridized carbons (Fsp3) is 0.176. The number of rotatable bonds is 3. The highest BCUT2D eigenvalue weighted by Crippen LogP contribution is 2.17. The van der Waals surface area contributed by atoms with Gasteiger partial charge in [-0.15, -0.1) is 0 Å². The topological polar surface area (TPSA) is 50.1 Å². The Balaban J connectivity index is 2.09. The van der Waals surface area contributed by atoms with E-state index in [1.165, 1.54) is 5.56 Å². The first-order chi connectivity index (χ1) is 9.60. The van der Waals surface area contributed by atoms with Crippen molar-refractivity contribution in [1.29, 1.82) is 5.26 Å². The lowest BCUT2D eigenvalue weighted by Crippen LogP contribution is -2.08. The molecule has 0 radical (unpaired) electrons. The molecule has 0 amide bonds. The summed E-state index contributed by atoms with van der Waals surface area (Å²) in [5.74, 6) is 0.463. The van der Waals surface area contributed by atoms with E-state index in [1.807, 2.05) is 18.2 Å². The molecule has 0 aromatic heterocycles. The van der Waals surface area contributed by atoms with Crippen molar-refractivity contribution in [2.75, 3.05) is 0 Å². The van der Waals surface area contributed by atoms with Crippen LogP contribution in [0.5, 0.6) is 5.75 Å². The van der Waals surface area contributed by atoms with E-state index in [0.29, 0.717) is 22.8 Å². The van der Waals surface area contributed by atoms with E-state index < -0.39 is 5.97 Å². The van der Waals surface area contributed by atoms with Gasteiger partial charge < -0.3 is 4.74 Å². The van der Waals surface area contributed by atoms with Gasteiger partial charge in [0, 0.05) is 0 Å². The van der Waals surface area contributed by atoms with Gasteiger partial charge in [0.2, 0.25) is 0 Å². The normalized spacial score (nSPS) is 10.1. The molecule has 0 aliphatic carbocycles. The van der Waals surface area contributed by atoms with Gasteiger partial charge >= 0.3 is 5.97 Å². The Morgan fingerprint density at radius 1 is 1.05 bits per heavy atom. The highest BCUT2D eigenvalue weighted by Gasteiger charge is 2.09. The monoisotopic (exact) mass is 265 g/mol. The molecule has 0 saturated carbocycles.